The molecule has 1 heterocycles. The third-order valence-corrected chi connectivity index (χ3v) is 4.22. The molecule has 1 aliphatic rings. The second-order valence-corrected chi connectivity index (χ2v) is 6.17. The zero-order valence-electron chi connectivity index (χ0n) is 15.7. The SMILES string of the molecule is COc1ccc2c(c1OC)C(=O)O[C@@H]2CC(=O)Nc1cccc(NC(C)=O)c1. The van der Waals surface area contributed by atoms with Crippen molar-refractivity contribution in [1.29, 1.82) is 0 Å². The van der Waals surface area contributed by atoms with Gasteiger partial charge in [0.1, 0.15) is 11.7 Å². The summed E-state index contributed by atoms with van der Waals surface area (Å²) in [5.74, 6) is -0.395. The third-order valence-electron chi connectivity index (χ3n) is 4.22. The van der Waals surface area contributed by atoms with Gasteiger partial charge in [-0.15, -0.1) is 0 Å². The molecule has 0 aliphatic carbocycles. The monoisotopic (exact) mass is 384 g/mol. The number of benzene rings is 2. The molecule has 28 heavy (non-hydrogen) atoms. The smallest absolute Gasteiger partial charge is 0.343 e. The van der Waals surface area contributed by atoms with Gasteiger partial charge >= 0.3 is 5.97 Å². The van der Waals surface area contributed by atoms with E-state index in [9.17, 15) is 14.4 Å². The Bertz CT molecular complexity index is 940. The van der Waals surface area contributed by atoms with E-state index in [1.54, 1.807) is 36.4 Å². The van der Waals surface area contributed by atoms with Crippen LogP contribution < -0.4 is 20.1 Å². The van der Waals surface area contributed by atoms with E-state index in [2.05, 4.69) is 10.6 Å². The predicted molar refractivity (Wildman–Crippen MR) is 102 cm³/mol. The maximum atomic E-state index is 12.5. The van der Waals surface area contributed by atoms with Gasteiger partial charge in [0.05, 0.1) is 20.6 Å². The van der Waals surface area contributed by atoms with Gasteiger partial charge < -0.3 is 24.8 Å². The van der Waals surface area contributed by atoms with Crippen molar-refractivity contribution in [3.8, 4) is 11.5 Å². The van der Waals surface area contributed by atoms with Crippen LogP contribution in [0.2, 0.25) is 0 Å². The maximum Gasteiger partial charge on any atom is 0.343 e. The summed E-state index contributed by atoms with van der Waals surface area (Å²) in [6, 6.07) is 10.1. The molecule has 2 amide bonds. The Morgan fingerprint density at radius 2 is 1.79 bits per heavy atom. The van der Waals surface area contributed by atoms with Crippen LogP contribution in [0.5, 0.6) is 11.5 Å². The first-order chi connectivity index (χ1) is 13.4. The van der Waals surface area contributed by atoms with E-state index in [-0.39, 0.29) is 29.5 Å². The van der Waals surface area contributed by atoms with Crippen molar-refractivity contribution in [3.05, 3.63) is 47.5 Å². The standard InChI is InChI=1S/C20H20N2O6/c1-11(23)21-12-5-4-6-13(9-12)22-17(24)10-16-14-7-8-15(26-2)19(27-3)18(14)20(25)28-16/h4-9,16H,10H2,1-3H3,(H,21,23)(H,22,24)/t16-/m1/s1. The van der Waals surface area contributed by atoms with Gasteiger partial charge in [-0.1, -0.05) is 12.1 Å². The molecular weight excluding hydrogens is 364 g/mol. The highest BCUT2D eigenvalue weighted by Gasteiger charge is 2.36. The molecule has 2 aromatic rings. The molecule has 1 aliphatic heterocycles. The van der Waals surface area contributed by atoms with Crippen LogP contribution in [0.3, 0.4) is 0 Å². The number of methoxy groups -OCH3 is 2. The van der Waals surface area contributed by atoms with Gasteiger partial charge in [0.15, 0.2) is 11.5 Å². The highest BCUT2D eigenvalue weighted by atomic mass is 16.6. The number of ether oxygens (including phenoxy) is 3. The first-order valence-corrected chi connectivity index (χ1v) is 8.56. The molecule has 8 heteroatoms. The number of rotatable bonds is 6. The number of cyclic esters (lactones) is 1. The molecule has 0 saturated carbocycles. The molecule has 0 radical (unpaired) electrons. The number of carbonyl (C=O) groups is 3. The lowest BCUT2D eigenvalue weighted by Gasteiger charge is -2.13. The van der Waals surface area contributed by atoms with E-state index in [0.717, 1.165) is 0 Å². The lowest BCUT2D eigenvalue weighted by Crippen LogP contribution is -2.16. The Balaban J connectivity index is 1.75. The molecule has 0 spiro atoms. The molecule has 0 bridgehead atoms. The van der Waals surface area contributed by atoms with Crippen molar-refractivity contribution in [2.45, 2.75) is 19.4 Å². The van der Waals surface area contributed by atoms with Crippen molar-refractivity contribution in [3.63, 3.8) is 0 Å². The summed E-state index contributed by atoms with van der Waals surface area (Å²) in [6.45, 7) is 1.40. The van der Waals surface area contributed by atoms with Crippen LogP contribution in [0, 0.1) is 0 Å². The molecular formula is C20H20N2O6. The van der Waals surface area contributed by atoms with E-state index >= 15 is 0 Å². The molecule has 0 unspecified atom stereocenters. The van der Waals surface area contributed by atoms with Crippen molar-refractivity contribution in [2.24, 2.45) is 0 Å². The van der Waals surface area contributed by atoms with Crippen LogP contribution in [0.15, 0.2) is 36.4 Å². The quantitative estimate of drug-likeness (QED) is 0.743. The summed E-state index contributed by atoms with van der Waals surface area (Å²) in [5.41, 5.74) is 1.94. The van der Waals surface area contributed by atoms with Gasteiger partial charge in [-0.3, -0.25) is 9.59 Å². The number of esters is 1. The van der Waals surface area contributed by atoms with Crippen LogP contribution in [0.25, 0.3) is 0 Å². The van der Waals surface area contributed by atoms with Gasteiger partial charge in [0, 0.05) is 23.9 Å². The molecule has 1 atom stereocenters. The number of hydrogen-bond donors (Lipinski definition) is 2. The lowest BCUT2D eigenvalue weighted by molar-refractivity contribution is -0.118. The summed E-state index contributed by atoms with van der Waals surface area (Å²) in [4.78, 5) is 35.9. The zero-order valence-corrected chi connectivity index (χ0v) is 15.7. The maximum absolute atomic E-state index is 12.5. The van der Waals surface area contributed by atoms with Crippen molar-refractivity contribution >= 4 is 29.2 Å². The fourth-order valence-corrected chi connectivity index (χ4v) is 3.08. The van der Waals surface area contributed by atoms with Crippen molar-refractivity contribution in [2.75, 3.05) is 24.9 Å². The van der Waals surface area contributed by atoms with E-state index in [1.807, 2.05) is 0 Å². The molecule has 0 aromatic heterocycles. The largest absolute Gasteiger partial charge is 0.493 e. The predicted octanol–water partition coefficient (Wildman–Crippen LogP) is 2.90. The summed E-state index contributed by atoms with van der Waals surface area (Å²) >= 11 is 0. The van der Waals surface area contributed by atoms with Gasteiger partial charge in [-0.2, -0.15) is 0 Å². The van der Waals surface area contributed by atoms with E-state index in [1.165, 1.54) is 21.1 Å². The Morgan fingerprint density at radius 3 is 2.43 bits per heavy atom. The minimum atomic E-state index is -0.721. The van der Waals surface area contributed by atoms with E-state index in [4.69, 9.17) is 14.2 Å². The minimum absolute atomic E-state index is 0.0570. The average molecular weight is 384 g/mol. The summed E-state index contributed by atoms with van der Waals surface area (Å²) < 4.78 is 15.9. The number of fused-ring (bicyclic) bond motifs is 1. The number of hydrogen-bond acceptors (Lipinski definition) is 6. The van der Waals surface area contributed by atoms with Gasteiger partial charge in [0.2, 0.25) is 11.8 Å². The first-order valence-electron chi connectivity index (χ1n) is 8.56. The Morgan fingerprint density at radius 1 is 1.07 bits per heavy atom. The third kappa shape index (κ3) is 3.90. The lowest BCUT2D eigenvalue weighted by atomic mass is 10.0. The van der Waals surface area contributed by atoms with Crippen LogP contribution >= 0.6 is 0 Å². The van der Waals surface area contributed by atoms with Crippen LogP contribution in [-0.2, 0) is 14.3 Å². The van der Waals surface area contributed by atoms with Crippen LogP contribution in [0.1, 0.15) is 35.4 Å². The van der Waals surface area contributed by atoms with E-state index < -0.39 is 12.1 Å². The average Bonchev–Trinajstić information content (AvgIpc) is 2.96. The molecule has 146 valence electrons. The van der Waals surface area contributed by atoms with Gasteiger partial charge in [0.25, 0.3) is 0 Å². The normalized spacial score (nSPS) is 14.7. The minimum Gasteiger partial charge on any atom is -0.493 e. The highest BCUT2D eigenvalue weighted by Crippen LogP contribution is 2.43. The number of amides is 2. The summed E-state index contributed by atoms with van der Waals surface area (Å²) in [7, 11) is 2.91. The van der Waals surface area contributed by atoms with Gasteiger partial charge in [-0.25, -0.2) is 4.79 Å². The fraction of sp³-hybridized carbons (Fsp3) is 0.250. The molecule has 2 N–H and O–H groups in total. The highest BCUT2D eigenvalue weighted by molar-refractivity contribution is 5.99. The zero-order chi connectivity index (χ0) is 20.3. The Labute approximate surface area is 161 Å². The van der Waals surface area contributed by atoms with Crippen LogP contribution in [0.4, 0.5) is 11.4 Å². The topological polar surface area (TPSA) is 103 Å². The van der Waals surface area contributed by atoms with E-state index in [0.29, 0.717) is 22.7 Å². The number of anilines is 2. The van der Waals surface area contributed by atoms with Crippen molar-refractivity contribution in [1.82, 2.24) is 0 Å². The summed E-state index contributed by atoms with van der Waals surface area (Å²) in [5, 5.41) is 5.39. The Hall–Kier alpha value is -3.55. The number of carbonyl (C=O) groups excluding carboxylic acids is 3. The summed E-state index contributed by atoms with van der Waals surface area (Å²) in [6.07, 6.45) is -0.778. The molecule has 3 rings (SSSR count). The second-order valence-electron chi connectivity index (χ2n) is 6.17. The molecule has 0 fully saturated rings. The second kappa shape index (κ2) is 7.99. The Kier molecular flexibility index (Phi) is 5.49. The molecule has 0 saturated heterocycles. The fourth-order valence-electron chi connectivity index (χ4n) is 3.08. The molecule has 8 nitrogen and oxygen atoms in total. The van der Waals surface area contributed by atoms with Crippen molar-refractivity contribution < 1.29 is 28.6 Å². The first kappa shape index (κ1) is 19.2. The van der Waals surface area contributed by atoms with Gasteiger partial charge in [-0.05, 0) is 24.3 Å². The molecule has 2 aromatic carbocycles. The van der Waals surface area contributed by atoms with Crippen LogP contribution in [-0.4, -0.2) is 32.0 Å². The number of nitrogens with one attached hydrogen (secondary N) is 2.